The second-order valence-corrected chi connectivity index (χ2v) is 5.24. The second-order valence-electron chi connectivity index (χ2n) is 5.24. The molecule has 0 bridgehead atoms. The quantitative estimate of drug-likeness (QED) is 0.716. The van der Waals surface area contributed by atoms with E-state index in [1.165, 1.54) is 6.92 Å². The minimum atomic E-state index is -0.281. The Bertz CT molecular complexity index is 494. The van der Waals surface area contributed by atoms with Crippen molar-refractivity contribution in [3.05, 3.63) is 48.0 Å². The van der Waals surface area contributed by atoms with Crippen molar-refractivity contribution in [2.24, 2.45) is 5.92 Å². The van der Waals surface area contributed by atoms with Crippen molar-refractivity contribution in [2.75, 3.05) is 6.54 Å². The van der Waals surface area contributed by atoms with Gasteiger partial charge in [-0.2, -0.15) is 0 Å². The van der Waals surface area contributed by atoms with Gasteiger partial charge in [-0.3, -0.25) is 4.79 Å². The van der Waals surface area contributed by atoms with Gasteiger partial charge in [-0.05, 0) is 25.0 Å². The van der Waals surface area contributed by atoms with Gasteiger partial charge in [0.25, 0.3) is 0 Å². The molecule has 0 N–H and O–H groups in total. The number of benzene rings is 1. The molecule has 0 aliphatic heterocycles. The van der Waals surface area contributed by atoms with Crippen LogP contribution in [0.5, 0.6) is 0 Å². The Balaban J connectivity index is 2.83. The SMILES string of the molecule is C=CCN(Cc1ccccc1C)C(=O)C(C)CC(C)=O. The van der Waals surface area contributed by atoms with Crippen molar-refractivity contribution in [3.8, 4) is 0 Å². The van der Waals surface area contributed by atoms with Crippen molar-refractivity contribution in [3.63, 3.8) is 0 Å². The summed E-state index contributed by atoms with van der Waals surface area (Å²) in [5.41, 5.74) is 2.28. The summed E-state index contributed by atoms with van der Waals surface area (Å²) < 4.78 is 0. The van der Waals surface area contributed by atoms with Crippen LogP contribution in [0.2, 0.25) is 0 Å². The molecule has 0 radical (unpaired) electrons. The van der Waals surface area contributed by atoms with Crippen molar-refractivity contribution in [2.45, 2.75) is 33.7 Å². The van der Waals surface area contributed by atoms with Crippen molar-refractivity contribution in [1.82, 2.24) is 4.90 Å². The first-order valence-corrected chi connectivity index (χ1v) is 6.89. The Labute approximate surface area is 121 Å². The molecule has 1 rings (SSSR count). The molecule has 0 saturated carbocycles. The molecule has 0 saturated heterocycles. The Morgan fingerprint density at radius 2 is 2.00 bits per heavy atom. The van der Waals surface area contributed by atoms with E-state index in [-0.39, 0.29) is 17.6 Å². The molecule has 1 amide bonds. The first kappa shape index (κ1) is 16.2. The van der Waals surface area contributed by atoms with Crippen LogP contribution < -0.4 is 0 Å². The lowest BCUT2D eigenvalue weighted by Crippen LogP contribution is -2.35. The van der Waals surface area contributed by atoms with Gasteiger partial charge in [0.05, 0.1) is 0 Å². The van der Waals surface area contributed by atoms with Crippen LogP contribution >= 0.6 is 0 Å². The number of aryl methyl sites for hydroxylation is 1. The monoisotopic (exact) mass is 273 g/mol. The summed E-state index contributed by atoms with van der Waals surface area (Å²) in [6.45, 7) is 10.1. The molecule has 0 aliphatic carbocycles. The third-order valence-electron chi connectivity index (χ3n) is 3.30. The standard InChI is InChI=1S/C17H23NO2/c1-5-10-18(17(20)14(3)11-15(4)19)12-16-9-7-6-8-13(16)2/h5-9,14H,1,10-12H2,2-4H3. The minimum absolute atomic E-state index is 0.00310. The fraction of sp³-hybridized carbons (Fsp3) is 0.412. The highest BCUT2D eigenvalue weighted by Crippen LogP contribution is 2.14. The molecular weight excluding hydrogens is 250 g/mol. The number of rotatable bonds is 7. The number of hydrogen-bond acceptors (Lipinski definition) is 2. The van der Waals surface area contributed by atoms with Crippen LogP contribution in [0.4, 0.5) is 0 Å². The number of hydrogen-bond donors (Lipinski definition) is 0. The summed E-state index contributed by atoms with van der Waals surface area (Å²) in [6.07, 6.45) is 2.01. The predicted molar refractivity (Wildman–Crippen MR) is 81.3 cm³/mol. The zero-order valence-corrected chi connectivity index (χ0v) is 12.6. The van der Waals surface area contributed by atoms with E-state index in [1.807, 2.05) is 31.2 Å². The third-order valence-corrected chi connectivity index (χ3v) is 3.30. The van der Waals surface area contributed by atoms with Gasteiger partial charge in [0.1, 0.15) is 5.78 Å². The van der Waals surface area contributed by atoms with Crippen molar-refractivity contribution < 1.29 is 9.59 Å². The first-order chi connectivity index (χ1) is 9.45. The molecule has 1 atom stereocenters. The zero-order chi connectivity index (χ0) is 15.1. The molecule has 1 aromatic rings. The highest BCUT2D eigenvalue weighted by molar-refractivity contribution is 5.85. The van der Waals surface area contributed by atoms with Crippen LogP contribution in [0.15, 0.2) is 36.9 Å². The molecule has 20 heavy (non-hydrogen) atoms. The molecule has 1 unspecified atom stereocenters. The van der Waals surface area contributed by atoms with E-state index >= 15 is 0 Å². The number of nitrogens with zero attached hydrogens (tertiary/aromatic N) is 1. The number of ketones is 1. The average Bonchev–Trinajstić information content (AvgIpc) is 2.39. The summed E-state index contributed by atoms with van der Waals surface area (Å²) >= 11 is 0. The van der Waals surface area contributed by atoms with E-state index in [4.69, 9.17) is 0 Å². The Morgan fingerprint density at radius 1 is 1.35 bits per heavy atom. The highest BCUT2D eigenvalue weighted by Gasteiger charge is 2.21. The Hall–Kier alpha value is -1.90. The number of amides is 1. The van der Waals surface area contributed by atoms with Gasteiger partial charge in [-0.1, -0.05) is 37.3 Å². The van der Waals surface area contributed by atoms with Crippen molar-refractivity contribution >= 4 is 11.7 Å². The maximum Gasteiger partial charge on any atom is 0.226 e. The normalized spacial score (nSPS) is 11.8. The van der Waals surface area contributed by atoms with Crippen LogP contribution in [-0.4, -0.2) is 23.1 Å². The third kappa shape index (κ3) is 4.65. The molecule has 0 spiro atoms. The summed E-state index contributed by atoms with van der Waals surface area (Å²) in [4.78, 5) is 25.3. The summed E-state index contributed by atoms with van der Waals surface area (Å²) in [7, 11) is 0. The number of carbonyl (C=O) groups is 2. The van der Waals surface area contributed by atoms with Gasteiger partial charge in [0.2, 0.25) is 5.91 Å². The average molecular weight is 273 g/mol. The van der Waals surface area contributed by atoms with E-state index < -0.39 is 0 Å². The molecule has 0 fully saturated rings. The fourth-order valence-corrected chi connectivity index (χ4v) is 2.21. The highest BCUT2D eigenvalue weighted by atomic mass is 16.2. The Morgan fingerprint density at radius 3 is 2.55 bits per heavy atom. The van der Waals surface area contributed by atoms with Crippen LogP contribution in [0.1, 0.15) is 31.4 Å². The molecule has 3 heteroatoms. The molecule has 3 nitrogen and oxygen atoms in total. The van der Waals surface area contributed by atoms with Crippen LogP contribution in [0, 0.1) is 12.8 Å². The van der Waals surface area contributed by atoms with E-state index in [2.05, 4.69) is 6.58 Å². The number of Topliss-reactive ketones (excluding diaryl/α,β-unsaturated/α-hetero) is 1. The van der Waals surface area contributed by atoms with E-state index in [0.717, 1.165) is 11.1 Å². The second kappa shape index (κ2) is 7.63. The molecular formula is C17H23NO2. The van der Waals surface area contributed by atoms with E-state index in [9.17, 15) is 9.59 Å². The topological polar surface area (TPSA) is 37.4 Å². The summed E-state index contributed by atoms with van der Waals surface area (Å²) in [5.74, 6) is -0.236. The van der Waals surface area contributed by atoms with Gasteiger partial charge in [0, 0.05) is 25.4 Å². The largest absolute Gasteiger partial charge is 0.334 e. The van der Waals surface area contributed by atoms with E-state index in [1.54, 1.807) is 17.9 Å². The predicted octanol–water partition coefficient (Wildman–Crippen LogP) is 3.12. The molecule has 1 aromatic carbocycles. The maximum atomic E-state index is 12.4. The lowest BCUT2D eigenvalue weighted by Gasteiger charge is -2.25. The van der Waals surface area contributed by atoms with Crippen LogP contribution in [-0.2, 0) is 16.1 Å². The summed E-state index contributed by atoms with van der Waals surface area (Å²) in [5, 5.41) is 0. The van der Waals surface area contributed by atoms with E-state index in [0.29, 0.717) is 19.5 Å². The van der Waals surface area contributed by atoms with Gasteiger partial charge in [0.15, 0.2) is 0 Å². The fourth-order valence-electron chi connectivity index (χ4n) is 2.21. The molecule has 0 aliphatic rings. The molecule has 108 valence electrons. The van der Waals surface area contributed by atoms with Gasteiger partial charge < -0.3 is 9.69 Å². The zero-order valence-electron chi connectivity index (χ0n) is 12.6. The lowest BCUT2D eigenvalue weighted by atomic mass is 10.0. The van der Waals surface area contributed by atoms with Crippen LogP contribution in [0.25, 0.3) is 0 Å². The molecule has 0 aromatic heterocycles. The smallest absolute Gasteiger partial charge is 0.226 e. The first-order valence-electron chi connectivity index (χ1n) is 6.89. The van der Waals surface area contributed by atoms with Crippen molar-refractivity contribution in [1.29, 1.82) is 0 Å². The summed E-state index contributed by atoms with van der Waals surface area (Å²) in [6, 6.07) is 8.01. The lowest BCUT2D eigenvalue weighted by molar-refractivity contribution is -0.137. The van der Waals surface area contributed by atoms with Gasteiger partial charge in [-0.15, -0.1) is 6.58 Å². The minimum Gasteiger partial charge on any atom is -0.334 e. The van der Waals surface area contributed by atoms with Gasteiger partial charge >= 0.3 is 0 Å². The Kier molecular flexibility index (Phi) is 6.16. The van der Waals surface area contributed by atoms with Gasteiger partial charge in [-0.25, -0.2) is 0 Å². The maximum absolute atomic E-state index is 12.4. The molecule has 0 heterocycles. The number of carbonyl (C=O) groups excluding carboxylic acids is 2. The van der Waals surface area contributed by atoms with Crippen LogP contribution in [0.3, 0.4) is 0 Å².